The molecule has 7 heteroatoms. The number of para-hydroxylation sites is 1. The van der Waals surface area contributed by atoms with E-state index in [1.165, 1.54) is 6.07 Å². The quantitative estimate of drug-likeness (QED) is 0.266. The summed E-state index contributed by atoms with van der Waals surface area (Å²) >= 11 is 3.40. The first-order valence-electron chi connectivity index (χ1n) is 7.71. The van der Waals surface area contributed by atoms with E-state index in [1.54, 1.807) is 35.2 Å². The van der Waals surface area contributed by atoms with E-state index in [2.05, 4.69) is 15.9 Å². The smallest absolute Gasteiger partial charge is 0.416 e. The third-order valence-corrected chi connectivity index (χ3v) is 4.81. The zero-order valence-electron chi connectivity index (χ0n) is 13.0. The Morgan fingerprint density at radius 3 is 2.23 bits per heavy atom. The summed E-state index contributed by atoms with van der Waals surface area (Å²) in [5.74, 6) is 1.96. The topological polar surface area (TPSA) is 21.7 Å². The Morgan fingerprint density at radius 2 is 1.50 bits per heavy atom. The van der Waals surface area contributed by atoms with E-state index in [9.17, 15) is 13.2 Å². The number of ether oxygens (including phenoxy) is 2. The lowest BCUT2D eigenvalue weighted by atomic mass is 10.1. The number of fused-ring (bicyclic) bond motifs is 4. The highest BCUT2D eigenvalue weighted by Gasteiger charge is 2.37. The van der Waals surface area contributed by atoms with Crippen LogP contribution in [0.3, 0.4) is 0 Å². The fourth-order valence-electron chi connectivity index (χ4n) is 3.20. The molecule has 0 fully saturated rings. The van der Waals surface area contributed by atoms with E-state index in [-0.39, 0.29) is 0 Å². The van der Waals surface area contributed by atoms with Gasteiger partial charge in [0.15, 0.2) is 23.0 Å². The molecule has 0 saturated carbocycles. The first-order chi connectivity index (χ1) is 12.4. The average molecular weight is 420 g/mol. The second-order valence-corrected chi connectivity index (χ2v) is 6.85. The number of halogens is 4. The second-order valence-electron chi connectivity index (χ2n) is 5.93. The zero-order chi connectivity index (χ0) is 18.1. The number of hydrogen-bond donors (Lipinski definition) is 0. The van der Waals surface area contributed by atoms with Crippen molar-refractivity contribution < 1.29 is 22.6 Å². The van der Waals surface area contributed by atoms with Gasteiger partial charge in [0.1, 0.15) is 5.69 Å². The maximum atomic E-state index is 13.2. The number of alkyl halides is 3. The maximum absolute atomic E-state index is 13.2. The third kappa shape index (κ3) is 2.20. The zero-order valence-corrected chi connectivity index (χ0v) is 14.6. The molecule has 2 heterocycles. The van der Waals surface area contributed by atoms with Crippen LogP contribution in [-0.4, -0.2) is 0 Å². The molecule has 0 N–H and O–H groups in total. The van der Waals surface area contributed by atoms with Crippen LogP contribution in [0.1, 0.15) is 5.56 Å². The van der Waals surface area contributed by atoms with Crippen LogP contribution in [-0.2, 0) is 6.18 Å². The summed E-state index contributed by atoms with van der Waals surface area (Å²) in [5, 5.41) is 0. The van der Waals surface area contributed by atoms with Crippen molar-refractivity contribution in [2.45, 2.75) is 6.18 Å². The molecule has 3 aromatic rings. The molecule has 0 atom stereocenters. The highest BCUT2D eigenvalue weighted by Crippen LogP contribution is 2.60. The Balaban J connectivity index is 1.80. The minimum absolute atomic E-state index is 0.326. The van der Waals surface area contributed by atoms with Gasteiger partial charge in [0.2, 0.25) is 0 Å². The van der Waals surface area contributed by atoms with Crippen molar-refractivity contribution in [3.63, 3.8) is 0 Å². The predicted octanol–water partition coefficient (Wildman–Crippen LogP) is 7.15. The molecule has 0 saturated heterocycles. The number of hydrogen-bond acceptors (Lipinski definition) is 3. The minimum Gasteiger partial charge on any atom is -0.453 e. The molecule has 2 aliphatic heterocycles. The van der Waals surface area contributed by atoms with E-state index >= 15 is 0 Å². The fourth-order valence-corrected chi connectivity index (χ4v) is 3.54. The predicted molar refractivity (Wildman–Crippen MR) is 94.0 cm³/mol. The van der Waals surface area contributed by atoms with Crippen LogP contribution >= 0.6 is 15.9 Å². The molecule has 0 aromatic heterocycles. The summed E-state index contributed by atoms with van der Waals surface area (Å²) in [7, 11) is 0. The normalized spacial score (nSPS) is 13.9. The summed E-state index contributed by atoms with van der Waals surface area (Å²) in [5.41, 5.74) is 0.837. The Hall–Kier alpha value is -2.67. The van der Waals surface area contributed by atoms with Crippen LogP contribution < -0.4 is 14.4 Å². The molecule has 0 unspecified atom stereocenters. The Morgan fingerprint density at radius 1 is 0.769 bits per heavy atom. The van der Waals surface area contributed by atoms with Gasteiger partial charge in [-0.2, -0.15) is 13.2 Å². The van der Waals surface area contributed by atoms with Gasteiger partial charge in [0.05, 0.1) is 16.9 Å². The van der Waals surface area contributed by atoms with Gasteiger partial charge in [0.25, 0.3) is 0 Å². The van der Waals surface area contributed by atoms with Gasteiger partial charge < -0.3 is 9.47 Å². The summed E-state index contributed by atoms with van der Waals surface area (Å²) < 4.78 is 52.3. The Labute approximate surface area is 154 Å². The molecular weight excluding hydrogens is 411 g/mol. The largest absolute Gasteiger partial charge is 0.453 e. The van der Waals surface area contributed by atoms with E-state index in [4.69, 9.17) is 9.47 Å². The van der Waals surface area contributed by atoms with Gasteiger partial charge in [0, 0.05) is 4.47 Å². The molecule has 0 radical (unpaired) electrons. The van der Waals surface area contributed by atoms with Crippen molar-refractivity contribution in [2.24, 2.45) is 0 Å². The van der Waals surface area contributed by atoms with Gasteiger partial charge in [-0.05, 0) is 48.5 Å². The summed E-state index contributed by atoms with van der Waals surface area (Å²) in [6.07, 6.45) is -4.44. The second kappa shape index (κ2) is 5.17. The van der Waals surface area contributed by atoms with Crippen molar-refractivity contribution in [3.8, 4) is 23.0 Å². The van der Waals surface area contributed by atoms with Gasteiger partial charge >= 0.3 is 6.18 Å². The number of benzene rings is 3. The molecule has 0 amide bonds. The van der Waals surface area contributed by atoms with Gasteiger partial charge in [-0.1, -0.05) is 22.0 Å². The monoisotopic (exact) mass is 419 g/mol. The third-order valence-electron chi connectivity index (χ3n) is 4.32. The fraction of sp³-hybridized carbons (Fsp3) is 0.0526. The van der Waals surface area contributed by atoms with E-state index < -0.39 is 11.7 Å². The van der Waals surface area contributed by atoms with Crippen LogP contribution in [0.25, 0.3) is 0 Å². The lowest BCUT2D eigenvalue weighted by Crippen LogP contribution is -2.21. The first kappa shape index (κ1) is 15.6. The lowest BCUT2D eigenvalue weighted by Gasteiger charge is -2.38. The lowest BCUT2D eigenvalue weighted by molar-refractivity contribution is -0.137. The Bertz CT molecular complexity index is 1070. The summed E-state index contributed by atoms with van der Waals surface area (Å²) in [6.45, 7) is 0. The van der Waals surface area contributed by atoms with Crippen LogP contribution in [0.2, 0.25) is 0 Å². The van der Waals surface area contributed by atoms with E-state index in [1.807, 2.05) is 6.07 Å². The minimum atomic E-state index is -4.44. The van der Waals surface area contributed by atoms with Crippen molar-refractivity contribution in [2.75, 3.05) is 4.90 Å². The molecule has 130 valence electrons. The highest BCUT2D eigenvalue weighted by atomic mass is 79.9. The van der Waals surface area contributed by atoms with Gasteiger partial charge in [-0.3, -0.25) is 4.90 Å². The molecule has 2 aliphatic rings. The summed E-state index contributed by atoms with van der Waals surface area (Å²) in [4.78, 5) is 1.75. The van der Waals surface area contributed by atoms with E-state index in [0.29, 0.717) is 40.1 Å². The molecule has 3 aromatic carbocycles. The Kier molecular flexibility index (Phi) is 3.10. The molecule has 0 aliphatic carbocycles. The molecule has 0 spiro atoms. The average Bonchev–Trinajstić information content (AvgIpc) is 2.60. The number of anilines is 3. The van der Waals surface area contributed by atoms with Crippen molar-refractivity contribution in [1.82, 2.24) is 0 Å². The van der Waals surface area contributed by atoms with E-state index in [0.717, 1.165) is 16.6 Å². The first-order valence-corrected chi connectivity index (χ1v) is 8.51. The van der Waals surface area contributed by atoms with Crippen LogP contribution in [0, 0.1) is 0 Å². The molecule has 5 rings (SSSR count). The molecule has 0 bridgehead atoms. The van der Waals surface area contributed by atoms with Crippen molar-refractivity contribution in [3.05, 3.63) is 64.6 Å². The van der Waals surface area contributed by atoms with Gasteiger partial charge in [-0.15, -0.1) is 0 Å². The van der Waals surface area contributed by atoms with Crippen LogP contribution in [0.5, 0.6) is 23.0 Å². The number of nitrogens with zero attached hydrogens (tertiary/aromatic N) is 1. The van der Waals surface area contributed by atoms with Crippen LogP contribution in [0.15, 0.2) is 59.1 Å². The summed E-state index contributed by atoms with van der Waals surface area (Å²) in [6, 6.07) is 14.2. The maximum Gasteiger partial charge on any atom is 0.416 e. The highest BCUT2D eigenvalue weighted by molar-refractivity contribution is 9.10. The standard InChI is InChI=1S/C19H9BrF3NO2/c20-11-5-6-12-17(9-11)26-16-3-1-2-15-18(16)24(12)13-8-10(19(21,22)23)4-7-14(13)25-15/h1-9H. The molecule has 3 nitrogen and oxygen atoms in total. The van der Waals surface area contributed by atoms with Crippen molar-refractivity contribution >= 4 is 33.0 Å². The van der Waals surface area contributed by atoms with Gasteiger partial charge in [-0.25, -0.2) is 0 Å². The van der Waals surface area contributed by atoms with Crippen LogP contribution in [0.4, 0.5) is 30.2 Å². The molecule has 26 heavy (non-hydrogen) atoms. The molecular formula is C19H9BrF3NO2. The SMILES string of the molecule is FC(F)(F)c1ccc2c(c1)N1c3ccc(Br)cc3Oc3cccc(c31)O2. The van der Waals surface area contributed by atoms with Crippen molar-refractivity contribution in [1.29, 1.82) is 0 Å². The number of rotatable bonds is 0.